The first-order valence-corrected chi connectivity index (χ1v) is 11.1. The van der Waals surface area contributed by atoms with Gasteiger partial charge in [-0.3, -0.25) is 14.2 Å². The number of benzene rings is 3. The van der Waals surface area contributed by atoms with Crippen LogP contribution in [-0.4, -0.2) is 33.4 Å². The van der Waals surface area contributed by atoms with Gasteiger partial charge in [-0.05, 0) is 67.1 Å². The van der Waals surface area contributed by atoms with Gasteiger partial charge >= 0.3 is 0 Å². The predicted molar refractivity (Wildman–Crippen MR) is 126 cm³/mol. The van der Waals surface area contributed by atoms with Crippen molar-refractivity contribution in [2.45, 2.75) is 19.3 Å². The van der Waals surface area contributed by atoms with Crippen LogP contribution in [0.1, 0.15) is 28.8 Å². The van der Waals surface area contributed by atoms with Crippen LogP contribution < -0.4 is 5.56 Å². The summed E-state index contributed by atoms with van der Waals surface area (Å²) in [6.07, 6.45) is 4.67. The monoisotopic (exact) mass is 423 g/mol. The lowest BCUT2D eigenvalue weighted by Crippen LogP contribution is -2.38. The Kier molecular flexibility index (Phi) is 5.55. The maximum absolute atomic E-state index is 13.0. The highest BCUT2D eigenvalue weighted by Gasteiger charge is 2.23. The van der Waals surface area contributed by atoms with E-state index in [0.29, 0.717) is 28.1 Å². The highest BCUT2D eigenvalue weighted by Crippen LogP contribution is 2.23. The molecule has 0 spiro atoms. The second-order valence-electron chi connectivity index (χ2n) is 8.41. The van der Waals surface area contributed by atoms with Crippen LogP contribution in [0.4, 0.5) is 0 Å². The maximum Gasteiger partial charge on any atom is 0.265 e. The minimum absolute atomic E-state index is 0.0543. The van der Waals surface area contributed by atoms with Gasteiger partial charge in [0.25, 0.3) is 11.5 Å². The molecule has 0 aliphatic carbocycles. The van der Waals surface area contributed by atoms with Crippen LogP contribution in [0.2, 0.25) is 0 Å². The predicted octanol–water partition coefficient (Wildman–Crippen LogP) is 4.48. The number of hydrogen-bond acceptors (Lipinski definition) is 3. The van der Waals surface area contributed by atoms with Crippen LogP contribution in [0.25, 0.3) is 16.6 Å². The SMILES string of the molecule is O=C(c1ccc(-n2cnc3ccccc3c2=O)cc1)N1CCC(Cc2ccccc2)CC1. The minimum atomic E-state index is -0.116. The number of rotatable bonds is 4. The van der Waals surface area contributed by atoms with Gasteiger partial charge in [0.15, 0.2) is 0 Å². The Bertz CT molecular complexity index is 1290. The van der Waals surface area contributed by atoms with E-state index in [1.807, 2.05) is 41.3 Å². The van der Waals surface area contributed by atoms with Crippen molar-refractivity contribution in [3.8, 4) is 5.69 Å². The lowest BCUT2D eigenvalue weighted by Gasteiger charge is -2.32. The third kappa shape index (κ3) is 4.06. The molecule has 1 aliphatic rings. The molecule has 1 saturated heterocycles. The van der Waals surface area contributed by atoms with Crippen LogP contribution in [0.3, 0.4) is 0 Å². The smallest absolute Gasteiger partial charge is 0.265 e. The number of fused-ring (bicyclic) bond motifs is 1. The second kappa shape index (κ2) is 8.79. The third-order valence-electron chi connectivity index (χ3n) is 6.33. The van der Waals surface area contributed by atoms with E-state index >= 15 is 0 Å². The van der Waals surface area contributed by atoms with E-state index < -0.39 is 0 Å². The van der Waals surface area contributed by atoms with Gasteiger partial charge in [-0.1, -0.05) is 42.5 Å². The molecule has 0 radical (unpaired) electrons. The van der Waals surface area contributed by atoms with Crippen LogP contribution in [0, 0.1) is 5.92 Å². The van der Waals surface area contributed by atoms with Crippen molar-refractivity contribution in [1.29, 1.82) is 0 Å². The van der Waals surface area contributed by atoms with Crippen molar-refractivity contribution in [2.75, 3.05) is 13.1 Å². The van der Waals surface area contributed by atoms with Gasteiger partial charge in [-0.25, -0.2) is 4.98 Å². The average Bonchev–Trinajstić information content (AvgIpc) is 2.85. The number of para-hydroxylation sites is 1. The van der Waals surface area contributed by atoms with Crippen molar-refractivity contribution in [3.63, 3.8) is 0 Å². The Labute approximate surface area is 187 Å². The normalized spacial score (nSPS) is 14.6. The minimum Gasteiger partial charge on any atom is -0.339 e. The number of amides is 1. The molecule has 0 unspecified atom stereocenters. The molecule has 5 nitrogen and oxygen atoms in total. The maximum atomic E-state index is 13.0. The van der Waals surface area contributed by atoms with Gasteiger partial charge in [0.1, 0.15) is 6.33 Å². The molecule has 5 rings (SSSR count). The van der Waals surface area contributed by atoms with Crippen molar-refractivity contribution in [1.82, 2.24) is 14.5 Å². The molecule has 1 amide bonds. The molecule has 32 heavy (non-hydrogen) atoms. The van der Waals surface area contributed by atoms with Crippen LogP contribution in [-0.2, 0) is 6.42 Å². The van der Waals surface area contributed by atoms with Gasteiger partial charge in [0.05, 0.1) is 16.6 Å². The molecule has 1 aliphatic heterocycles. The first kappa shape index (κ1) is 20.2. The fraction of sp³-hybridized carbons (Fsp3) is 0.222. The van der Waals surface area contributed by atoms with E-state index in [1.54, 1.807) is 24.5 Å². The summed E-state index contributed by atoms with van der Waals surface area (Å²) in [7, 11) is 0. The van der Waals surface area contributed by atoms with E-state index in [2.05, 4.69) is 29.2 Å². The van der Waals surface area contributed by atoms with Gasteiger partial charge in [-0.15, -0.1) is 0 Å². The summed E-state index contributed by atoms with van der Waals surface area (Å²) in [5.74, 6) is 0.676. The first-order valence-electron chi connectivity index (χ1n) is 11.1. The molecule has 3 aromatic carbocycles. The van der Waals surface area contributed by atoms with Gasteiger partial charge < -0.3 is 4.90 Å². The number of carbonyl (C=O) groups is 1. The Morgan fingerprint density at radius 3 is 2.31 bits per heavy atom. The summed E-state index contributed by atoms with van der Waals surface area (Å²) < 4.78 is 1.52. The molecule has 0 atom stereocenters. The fourth-order valence-corrected chi connectivity index (χ4v) is 4.49. The highest BCUT2D eigenvalue weighted by atomic mass is 16.2. The second-order valence-corrected chi connectivity index (χ2v) is 8.41. The molecule has 0 bridgehead atoms. The number of likely N-dealkylation sites (tertiary alicyclic amines) is 1. The summed E-state index contributed by atoms with van der Waals surface area (Å²) in [5, 5.41) is 0.577. The quantitative estimate of drug-likeness (QED) is 0.486. The van der Waals surface area contributed by atoms with E-state index in [-0.39, 0.29) is 11.5 Å². The molecule has 0 saturated carbocycles. The van der Waals surface area contributed by atoms with E-state index in [4.69, 9.17) is 0 Å². The zero-order chi connectivity index (χ0) is 21.9. The molecule has 0 N–H and O–H groups in total. The van der Waals surface area contributed by atoms with Gasteiger partial charge in [0, 0.05) is 18.7 Å². The Balaban J connectivity index is 1.26. The van der Waals surface area contributed by atoms with Crippen molar-refractivity contribution < 1.29 is 4.79 Å². The molecular weight excluding hydrogens is 398 g/mol. The largest absolute Gasteiger partial charge is 0.339 e. The number of carbonyl (C=O) groups excluding carboxylic acids is 1. The average molecular weight is 424 g/mol. The number of aromatic nitrogens is 2. The molecule has 2 heterocycles. The summed E-state index contributed by atoms with van der Waals surface area (Å²) in [4.78, 5) is 32.1. The zero-order valence-electron chi connectivity index (χ0n) is 17.9. The van der Waals surface area contributed by atoms with Crippen LogP contribution in [0.15, 0.2) is 90.0 Å². The fourth-order valence-electron chi connectivity index (χ4n) is 4.49. The van der Waals surface area contributed by atoms with E-state index in [9.17, 15) is 9.59 Å². The van der Waals surface area contributed by atoms with E-state index in [1.165, 1.54) is 10.1 Å². The lowest BCUT2D eigenvalue weighted by atomic mass is 9.90. The summed E-state index contributed by atoms with van der Waals surface area (Å²) in [6, 6.07) is 25.1. The van der Waals surface area contributed by atoms with Crippen LogP contribution >= 0.6 is 0 Å². The van der Waals surface area contributed by atoms with Crippen molar-refractivity contribution >= 4 is 16.8 Å². The van der Waals surface area contributed by atoms with Crippen molar-refractivity contribution in [3.05, 3.63) is 107 Å². The Morgan fingerprint density at radius 1 is 0.875 bits per heavy atom. The van der Waals surface area contributed by atoms with Gasteiger partial charge in [-0.2, -0.15) is 0 Å². The van der Waals surface area contributed by atoms with Crippen LogP contribution in [0.5, 0.6) is 0 Å². The number of nitrogens with zero attached hydrogens (tertiary/aromatic N) is 3. The number of piperidine rings is 1. The third-order valence-corrected chi connectivity index (χ3v) is 6.33. The molecule has 160 valence electrons. The lowest BCUT2D eigenvalue weighted by molar-refractivity contribution is 0.0690. The van der Waals surface area contributed by atoms with E-state index in [0.717, 1.165) is 32.4 Å². The molecule has 5 heteroatoms. The van der Waals surface area contributed by atoms with Gasteiger partial charge in [0.2, 0.25) is 0 Å². The number of hydrogen-bond donors (Lipinski definition) is 0. The molecule has 1 aromatic heterocycles. The summed E-state index contributed by atoms with van der Waals surface area (Å²) in [5.41, 5.74) is 3.28. The highest BCUT2D eigenvalue weighted by molar-refractivity contribution is 5.94. The molecule has 4 aromatic rings. The molecular formula is C27H25N3O2. The molecule has 1 fully saturated rings. The Morgan fingerprint density at radius 2 is 1.56 bits per heavy atom. The summed E-state index contributed by atoms with van der Waals surface area (Å²) in [6.45, 7) is 1.57. The van der Waals surface area contributed by atoms with Crippen molar-refractivity contribution in [2.24, 2.45) is 5.92 Å². The standard InChI is InChI=1S/C27H25N3O2/c31-26(29-16-14-21(15-17-29)18-20-6-2-1-3-7-20)22-10-12-23(13-11-22)30-19-28-25-9-5-4-8-24(25)27(30)32/h1-13,19,21H,14-18H2. The summed E-state index contributed by atoms with van der Waals surface area (Å²) >= 11 is 0. The zero-order valence-corrected chi connectivity index (χ0v) is 17.9. The first-order chi connectivity index (χ1) is 15.7. The topological polar surface area (TPSA) is 55.2 Å². The Hall–Kier alpha value is -3.73.